The highest BCUT2D eigenvalue weighted by molar-refractivity contribution is 9.10. The Balaban J connectivity index is 2.68. The van der Waals surface area contributed by atoms with Crippen LogP contribution in [0.3, 0.4) is 0 Å². The first-order valence-corrected chi connectivity index (χ1v) is 5.61. The highest BCUT2D eigenvalue weighted by Crippen LogP contribution is 2.16. The Bertz CT molecular complexity index is 667. The summed E-state index contributed by atoms with van der Waals surface area (Å²) in [6.07, 6.45) is 1.39. The minimum absolute atomic E-state index is 0.353. The summed E-state index contributed by atoms with van der Waals surface area (Å²) in [4.78, 5) is 21.8. The number of halogens is 2. The topological polar surface area (TPSA) is 65.1 Å². The summed E-state index contributed by atoms with van der Waals surface area (Å²) in [7, 11) is 0. The van der Waals surface area contributed by atoms with Gasteiger partial charge in [0.2, 0.25) is 0 Å². The molecule has 2 aromatic rings. The van der Waals surface area contributed by atoms with E-state index in [1.54, 1.807) is 0 Å². The van der Waals surface area contributed by atoms with Crippen molar-refractivity contribution < 1.29 is 9.31 Å². The first kappa shape index (κ1) is 12.4. The summed E-state index contributed by atoms with van der Waals surface area (Å²) in [5, 5.41) is 10.7. The van der Waals surface area contributed by atoms with Crippen LogP contribution in [0.2, 0.25) is 0 Å². The molecule has 1 aromatic carbocycles. The van der Waals surface area contributed by atoms with Gasteiger partial charge in [0, 0.05) is 22.4 Å². The molecule has 5 nitrogen and oxygen atoms in total. The molecule has 0 aliphatic carbocycles. The third-order valence-electron chi connectivity index (χ3n) is 2.27. The molecule has 7 heteroatoms. The van der Waals surface area contributed by atoms with Gasteiger partial charge in [-0.05, 0) is 40.2 Å². The van der Waals surface area contributed by atoms with Gasteiger partial charge in [0.25, 0.3) is 0 Å². The van der Waals surface area contributed by atoms with E-state index in [0.717, 1.165) is 10.6 Å². The minimum Gasteiger partial charge on any atom is -0.277 e. The van der Waals surface area contributed by atoms with E-state index in [0.29, 0.717) is 10.2 Å². The van der Waals surface area contributed by atoms with Gasteiger partial charge in [-0.15, -0.1) is 0 Å². The maximum absolute atomic E-state index is 12.8. The Hall–Kier alpha value is -2.02. The molecule has 0 spiro atoms. The molecule has 0 unspecified atom stereocenters. The lowest BCUT2D eigenvalue weighted by Crippen LogP contribution is -2.20. The van der Waals surface area contributed by atoms with Crippen LogP contribution in [0.4, 0.5) is 10.1 Å². The number of hydrogen-bond donors (Lipinski definition) is 0. The fraction of sp³-hybridized carbons (Fsp3) is 0. The van der Waals surface area contributed by atoms with E-state index in [1.807, 2.05) is 0 Å². The van der Waals surface area contributed by atoms with Crippen LogP contribution in [0, 0.1) is 15.9 Å². The standard InChI is InChI=1S/C11H6BrFN2O3/c12-7-5-10(15(17)18)11(16)14(6-7)9-3-1-8(13)2-4-9/h1-6H. The second kappa shape index (κ2) is 4.69. The van der Waals surface area contributed by atoms with Gasteiger partial charge < -0.3 is 0 Å². The van der Waals surface area contributed by atoms with Gasteiger partial charge in [0.1, 0.15) is 5.82 Å². The number of nitro groups is 1. The number of rotatable bonds is 2. The molecule has 1 heterocycles. The Labute approximate surface area is 109 Å². The quantitative estimate of drug-likeness (QED) is 0.632. The van der Waals surface area contributed by atoms with Crippen molar-refractivity contribution in [2.24, 2.45) is 0 Å². The summed E-state index contributed by atoms with van der Waals surface area (Å²) in [5.41, 5.74) is -0.964. The van der Waals surface area contributed by atoms with E-state index in [2.05, 4.69) is 15.9 Å². The lowest BCUT2D eigenvalue weighted by Gasteiger charge is -2.05. The van der Waals surface area contributed by atoms with Crippen molar-refractivity contribution in [1.29, 1.82) is 0 Å². The van der Waals surface area contributed by atoms with Crippen LogP contribution in [0.5, 0.6) is 0 Å². The minimum atomic E-state index is -0.769. The Kier molecular flexibility index (Phi) is 3.24. The molecule has 0 saturated heterocycles. The molecule has 92 valence electrons. The zero-order chi connectivity index (χ0) is 13.3. The fourth-order valence-corrected chi connectivity index (χ4v) is 1.88. The molecule has 18 heavy (non-hydrogen) atoms. The van der Waals surface area contributed by atoms with Crippen LogP contribution < -0.4 is 5.56 Å². The van der Waals surface area contributed by atoms with Crippen LogP contribution in [-0.2, 0) is 0 Å². The van der Waals surface area contributed by atoms with Gasteiger partial charge >= 0.3 is 11.2 Å². The summed E-state index contributed by atoms with van der Waals surface area (Å²) >= 11 is 3.09. The van der Waals surface area contributed by atoms with Crippen molar-refractivity contribution in [2.45, 2.75) is 0 Å². The lowest BCUT2D eigenvalue weighted by atomic mass is 10.3. The van der Waals surface area contributed by atoms with E-state index in [9.17, 15) is 19.3 Å². The van der Waals surface area contributed by atoms with Crippen molar-refractivity contribution in [2.75, 3.05) is 0 Å². The Morgan fingerprint density at radius 1 is 1.28 bits per heavy atom. The molecule has 0 bridgehead atoms. The van der Waals surface area contributed by atoms with Gasteiger partial charge in [-0.1, -0.05) is 0 Å². The maximum Gasteiger partial charge on any atom is 0.335 e. The van der Waals surface area contributed by atoms with Crippen LogP contribution >= 0.6 is 15.9 Å². The van der Waals surface area contributed by atoms with E-state index in [-0.39, 0.29) is 0 Å². The van der Waals surface area contributed by atoms with Crippen molar-refractivity contribution in [3.63, 3.8) is 0 Å². The van der Waals surface area contributed by atoms with Crippen molar-refractivity contribution >= 4 is 21.6 Å². The molecule has 0 atom stereocenters. The Morgan fingerprint density at radius 2 is 1.89 bits per heavy atom. The molecule has 0 saturated carbocycles. The van der Waals surface area contributed by atoms with Gasteiger partial charge in [-0.3, -0.25) is 19.5 Å². The van der Waals surface area contributed by atoms with Crippen molar-refractivity contribution in [3.05, 3.63) is 67.3 Å². The summed E-state index contributed by atoms with van der Waals surface area (Å²) in [5.74, 6) is -0.448. The predicted molar refractivity (Wildman–Crippen MR) is 66.4 cm³/mol. The molecule has 0 aliphatic heterocycles. The highest BCUT2D eigenvalue weighted by atomic mass is 79.9. The zero-order valence-electron chi connectivity index (χ0n) is 8.84. The molecule has 1 aromatic heterocycles. The van der Waals surface area contributed by atoms with Crippen LogP contribution in [0.25, 0.3) is 5.69 Å². The summed E-state index contributed by atoms with van der Waals surface area (Å²) in [6, 6.07) is 6.21. The van der Waals surface area contributed by atoms with E-state index >= 15 is 0 Å². The zero-order valence-corrected chi connectivity index (χ0v) is 10.4. The smallest absolute Gasteiger partial charge is 0.277 e. The first-order valence-electron chi connectivity index (χ1n) is 4.81. The highest BCUT2D eigenvalue weighted by Gasteiger charge is 2.16. The van der Waals surface area contributed by atoms with Gasteiger partial charge in [0.15, 0.2) is 0 Å². The molecule has 0 amide bonds. The van der Waals surface area contributed by atoms with Crippen molar-refractivity contribution in [1.82, 2.24) is 4.57 Å². The first-order chi connectivity index (χ1) is 8.49. The van der Waals surface area contributed by atoms with E-state index in [1.165, 1.54) is 30.5 Å². The van der Waals surface area contributed by atoms with Gasteiger partial charge in [-0.25, -0.2) is 4.39 Å². The molecular weight excluding hydrogens is 307 g/mol. The summed E-state index contributed by atoms with van der Waals surface area (Å²) in [6.45, 7) is 0. The molecule has 0 N–H and O–H groups in total. The second-order valence-corrected chi connectivity index (χ2v) is 4.37. The normalized spacial score (nSPS) is 10.3. The molecular formula is C11H6BrFN2O3. The monoisotopic (exact) mass is 312 g/mol. The average molecular weight is 313 g/mol. The second-order valence-electron chi connectivity index (χ2n) is 3.45. The number of benzene rings is 1. The number of nitrogens with zero attached hydrogens (tertiary/aromatic N) is 2. The third kappa shape index (κ3) is 2.30. The van der Waals surface area contributed by atoms with E-state index < -0.39 is 22.0 Å². The summed E-state index contributed by atoms with van der Waals surface area (Å²) < 4.78 is 14.3. The van der Waals surface area contributed by atoms with Crippen LogP contribution in [0.15, 0.2) is 45.8 Å². The number of hydrogen-bond acceptors (Lipinski definition) is 3. The largest absolute Gasteiger partial charge is 0.335 e. The molecule has 0 aliphatic rings. The molecule has 2 rings (SSSR count). The average Bonchev–Trinajstić information content (AvgIpc) is 2.32. The van der Waals surface area contributed by atoms with Crippen LogP contribution in [0.1, 0.15) is 0 Å². The fourth-order valence-electron chi connectivity index (χ4n) is 1.46. The lowest BCUT2D eigenvalue weighted by molar-refractivity contribution is -0.386. The van der Waals surface area contributed by atoms with Crippen molar-refractivity contribution in [3.8, 4) is 5.69 Å². The van der Waals surface area contributed by atoms with E-state index in [4.69, 9.17) is 0 Å². The predicted octanol–water partition coefficient (Wildman–Crippen LogP) is 2.65. The van der Waals surface area contributed by atoms with Gasteiger partial charge in [-0.2, -0.15) is 0 Å². The third-order valence-corrected chi connectivity index (χ3v) is 2.70. The maximum atomic E-state index is 12.8. The Morgan fingerprint density at radius 3 is 2.44 bits per heavy atom. The van der Waals surface area contributed by atoms with Gasteiger partial charge in [0.05, 0.1) is 4.92 Å². The number of aromatic nitrogens is 1. The molecule has 0 radical (unpaired) electrons. The number of pyridine rings is 1. The van der Waals surface area contributed by atoms with Crippen LogP contribution in [-0.4, -0.2) is 9.49 Å². The molecule has 0 fully saturated rings. The SMILES string of the molecule is O=c1c([N+](=O)[O-])cc(Br)cn1-c1ccc(F)cc1.